The second kappa shape index (κ2) is 7.50. The van der Waals surface area contributed by atoms with Crippen LogP contribution in [-0.4, -0.2) is 29.4 Å². The van der Waals surface area contributed by atoms with Crippen LogP contribution in [0.5, 0.6) is 0 Å². The van der Waals surface area contributed by atoms with Crippen LogP contribution in [0.4, 0.5) is 5.69 Å². The van der Waals surface area contributed by atoms with E-state index in [2.05, 4.69) is 16.4 Å². The van der Waals surface area contributed by atoms with Crippen LogP contribution in [0.1, 0.15) is 25.0 Å². The maximum absolute atomic E-state index is 13.4. The Bertz CT molecular complexity index is 1020. The van der Waals surface area contributed by atoms with Crippen LogP contribution in [0.3, 0.4) is 0 Å². The third-order valence-corrected chi connectivity index (χ3v) is 5.39. The molecule has 0 saturated carbocycles. The van der Waals surface area contributed by atoms with Crippen molar-refractivity contribution in [3.63, 3.8) is 0 Å². The largest absolute Gasteiger partial charge is 0.361 e. The van der Waals surface area contributed by atoms with Gasteiger partial charge < -0.3 is 15.2 Å². The van der Waals surface area contributed by atoms with Crippen molar-refractivity contribution >= 4 is 28.4 Å². The second-order valence-corrected chi connectivity index (χ2v) is 7.65. The Hall–Kier alpha value is -3.08. The van der Waals surface area contributed by atoms with Gasteiger partial charge in [0.1, 0.15) is 6.04 Å². The molecule has 2 heterocycles. The normalized spacial score (nSPS) is 14.3. The van der Waals surface area contributed by atoms with Gasteiger partial charge in [-0.15, -0.1) is 0 Å². The van der Waals surface area contributed by atoms with Gasteiger partial charge in [-0.1, -0.05) is 50.2 Å². The number of nitrogens with zero attached hydrogens (tertiary/aromatic N) is 1. The molecule has 2 amide bonds. The van der Waals surface area contributed by atoms with Gasteiger partial charge in [0, 0.05) is 41.7 Å². The molecule has 0 fully saturated rings. The van der Waals surface area contributed by atoms with Crippen molar-refractivity contribution < 1.29 is 9.59 Å². The number of rotatable bonds is 5. The molecule has 0 spiro atoms. The summed E-state index contributed by atoms with van der Waals surface area (Å²) in [5.41, 5.74) is 4.20. The average Bonchev–Trinajstić information content (AvgIpc) is 3.31. The minimum absolute atomic E-state index is 0.0516. The first-order valence-electron chi connectivity index (χ1n) is 9.79. The molecule has 2 aromatic carbocycles. The van der Waals surface area contributed by atoms with Crippen molar-refractivity contribution in [3.05, 3.63) is 65.9 Å². The summed E-state index contributed by atoms with van der Waals surface area (Å²) in [6, 6.07) is 15.4. The van der Waals surface area contributed by atoms with Gasteiger partial charge >= 0.3 is 0 Å². The predicted octanol–water partition coefficient (Wildman–Crippen LogP) is 3.44. The molecule has 1 aliphatic rings. The third kappa shape index (κ3) is 3.40. The molecule has 144 valence electrons. The van der Waals surface area contributed by atoms with E-state index >= 15 is 0 Å². The van der Waals surface area contributed by atoms with E-state index < -0.39 is 6.04 Å². The smallest absolute Gasteiger partial charge is 0.249 e. The summed E-state index contributed by atoms with van der Waals surface area (Å²) in [6.45, 7) is 4.33. The Morgan fingerprint density at radius 3 is 2.68 bits per heavy atom. The molecule has 0 saturated heterocycles. The van der Waals surface area contributed by atoms with Crippen molar-refractivity contribution in [3.8, 4) is 0 Å². The van der Waals surface area contributed by atoms with Gasteiger partial charge in [0.2, 0.25) is 11.8 Å². The predicted molar refractivity (Wildman–Crippen MR) is 111 cm³/mol. The first-order valence-corrected chi connectivity index (χ1v) is 9.79. The summed E-state index contributed by atoms with van der Waals surface area (Å²) >= 11 is 0. The van der Waals surface area contributed by atoms with E-state index in [4.69, 9.17) is 0 Å². The quantitative estimate of drug-likeness (QED) is 0.717. The number of para-hydroxylation sites is 2. The third-order valence-electron chi connectivity index (χ3n) is 5.39. The van der Waals surface area contributed by atoms with Gasteiger partial charge in [0.05, 0.1) is 0 Å². The molecular weight excluding hydrogens is 350 g/mol. The number of fused-ring (bicyclic) bond motifs is 2. The maximum Gasteiger partial charge on any atom is 0.249 e. The zero-order chi connectivity index (χ0) is 19.7. The van der Waals surface area contributed by atoms with E-state index in [1.165, 1.54) is 5.56 Å². The van der Waals surface area contributed by atoms with Crippen molar-refractivity contribution in [2.24, 2.45) is 5.92 Å². The summed E-state index contributed by atoms with van der Waals surface area (Å²) in [5, 5.41) is 4.07. The summed E-state index contributed by atoms with van der Waals surface area (Å²) in [7, 11) is 0. The minimum Gasteiger partial charge on any atom is -0.361 e. The van der Waals surface area contributed by atoms with Crippen LogP contribution in [0.2, 0.25) is 0 Å². The van der Waals surface area contributed by atoms with E-state index in [0.29, 0.717) is 13.0 Å². The van der Waals surface area contributed by atoms with Gasteiger partial charge in [0.25, 0.3) is 0 Å². The lowest BCUT2D eigenvalue weighted by Gasteiger charge is -2.25. The zero-order valence-electron chi connectivity index (χ0n) is 16.2. The van der Waals surface area contributed by atoms with Gasteiger partial charge in [-0.3, -0.25) is 9.59 Å². The van der Waals surface area contributed by atoms with Crippen molar-refractivity contribution in [2.75, 3.05) is 11.4 Å². The summed E-state index contributed by atoms with van der Waals surface area (Å²) in [6.07, 6.45) is 3.24. The highest BCUT2D eigenvalue weighted by atomic mass is 16.2. The minimum atomic E-state index is -0.597. The number of H-pyrrole nitrogens is 1. The van der Waals surface area contributed by atoms with E-state index in [1.807, 2.05) is 67.4 Å². The van der Waals surface area contributed by atoms with E-state index in [-0.39, 0.29) is 17.7 Å². The van der Waals surface area contributed by atoms with Gasteiger partial charge in [-0.2, -0.15) is 0 Å². The number of benzene rings is 2. The van der Waals surface area contributed by atoms with Crippen LogP contribution < -0.4 is 10.2 Å². The number of hydrogen-bond acceptors (Lipinski definition) is 2. The Labute approximate surface area is 164 Å². The monoisotopic (exact) mass is 375 g/mol. The number of carbonyl (C=O) groups excluding carboxylic acids is 2. The lowest BCUT2D eigenvalue weighted by molar-refractivity contribution is -0.129. The SMILES string of the molecule is CC(C)C(=O)N[C@@H](Cc1c[nH]c2ccccc12)C(=O)N1CCc2ccccc21. The lowest BCUT2D eigenvalue weighted by atomic mass is 10.0. The van der Waals surface area contributed by atoms with E-state index in [0.717, 1.165) is 28.6 Å². The maximum atomic E-state index is 13.4. The Morgan fingerprint density at radius 1 is 1.11 bits per heavy atom. The van der Waals surface area contributed by atoms with Crippen LogP contribution >= 0.6 is 0 Å². The van der Waals surface area contributed by atoms with Gasteiger partial charge in [-0.25, -0.2) is 0 Å². The Balaban J connectivity index is 1.64. The zero-order valence-corrected chi connectivity index (χ0v) is 16.2. The summed E-state index contributed by atoms with van der Waals surface area (Å²) in [5.74, 6) is -0.334. The molecule has 1 aliphatic heterocycles. The number of anilines is 1. The molecule has 0 aliphatic carbocycles. The number of nitrogens with one attached hydrogen (secondary N) is 2. The number of carbonyl (C=O) groups is 2. The number of hydrogen-bond donors (Lipinski definition) is 2. The van der Waals surface area contributed by atoms with Crippen molar-refractivity contribution in [1.29, 1.82) is 0 Å². The van der Waals surface area contributed by atoms with Crippen LogP contribution in [0.25, 0.3) is 10.9 Å². The molecule has 4 rings (SSSR count). The first kappa shape index (κ1) is 18.3. The molecular formula is C23H25N3O2. The average molecular weight is 375 g/mol. The van der Waals surface area contributed by atoms with Crippen LogP contribution in [0, 0.1) is 5.92 Å². The fourth-order valence-electron chi connectivity index (χ4n) is 3.81. The molecule has 1 aromatic heterocycles. The number of aromatic nitrogens is 1. The topological polar surface area (TPSA) is 65.2 Å². The van der Waals surface area contributed by atoms with Crippen molar-refractivity contribution in [2.45, 2.75) is 32.7 Å². The van der Waals surface area contributed by atoms with E-state index in [1.54, 1.807) is 0 Å². The second-order valence-electron chi connectivity index (χ2n) is 7.65. The van der Waals surface area contributed by atoms with Crippen LogP contribution in [0.15, 0.2) is 54.7 Å². The standard InChI is InChI=1S/C23H25N3O2/c1-15(2)22(27)25-20(13-17-14-24-19-9-5-4-8-18(17)19)23(28)26-12-11-16-7-3-6-10-21(16)26/h3-10,14-15,20,24H,11-13H2,1-2H3,(H,25,27)/t20-/m0/s1. The molecule has 5 heteroatoms. The Kier molecular flexibility index (Phi) is 4.90. The molecule has 5 nitrogen and oxygen atoms in total. The molecule has 0 unspecified atom stereocenters. The fraction of sp³-hybridized carbons (Fsp3) is 0.304. The van der Waals surface area contributed by atoms with Gasteiger partial charge in [-0.05, 0) is 29.7 Å². The van der Waals surface area contributed by atoms with Crippen LogP contribution in [-0.2, 0) is 22.4 Å². The molecule has 2 N–H and O–H groups in total. The Morgan fingerprint density at radius 2 is 1.86 bits per heavy atom. The summed E-state index contributed by atoms with van der Waals surface area (Å²) in [4.78, 5) is 30.9. The highest BCUT2D eigenvalue weighted by Gasteiger charge is 2.32. The molecule has 1 atom stereocenters. The van der Waals surface area contributed by atoms with Crippen molar-refractivity contribution in [1.82, 2.24) is 10.3 Å². The molecule has 0 radical (unpaired) electrons. The first-order chi connectivity index (χ1) is 13.5. The number of aromatic amines is 1. The molecule has 3 aromatic rings. The highest BCUT2D eigenvalue weighted by molar-refractivity contribution is 6.01. The lowest BCUT2D eigenvalue weighted by Crippen LogP contribution is -2.50. The van der Waals surface area contributed by atoms with E-state index in [9.17, 15) is 9.59 Å². The highest BCUT2D eigenvalue weighted by Crippen LogP contribution is 2.29. The number of amides is 2. The fourth-order valence-corrected chi connectivity index (χ4v) is 3.81. The molecule has 28 heavy (non-hydrogen) atoms. The van der Waals surface area contributed by atoms with Gasteiger partial charge in [0.15, 0.2) is 0 Å². The summed E-state index contributed by atoms with van der Waals surface area (Å²) < 4.78 is 0. The molecule has 0 bridgehead atoms.